The smallest absolute Gasteiger partial charge is 0.372 e. The number of halogens is 5. The number of rotatable bonds is 6. The number of oxime groups is 1. The Morgan fingerprint density at radius 3 is 2.43 bits per heavy atom. The molecule has 0 saturated heterocycles. The van der Waals surface area contributed by atoms with Crippen molar-refractivity contribution in [3.63, 3.8) is 0 Å². The Labute approximate surface area is 221 Å². The standard InChI is InChI=1S/C24H24Cl2F3N5O3/c1-13(2)8-31-21(35)10-32-22(36)19-3-14-11-34(12-15(14)9-30-19)20-7-23(37-33-20,24(27,28)29)16-4-17(25)6-18(26)5-16/h3-6,9,13H,7-8,10-12H2,1-2H3,(H,31,35)(H,32,36). The Morgan fingerprint density at radius 1 is 1.11 bits per heavy atom. The first-order valence-electron chi connectivity index (χ1n) is 11.4. The summed E-state index contributed by atoms with van der Waals surface area (Å²) in [5.41, 5.74) is -1.43. The maximum atomic E-state index is 14.3. The summed E-state index contributed by atoms with van der Waals surface area (Å²) >= 11 is 11.9. The quantitative estimate of drug-likeness (QED) is 0.549. The van der Waals surface area contributed by atoms with Crippen molar-refractivity contribution in [3.8, 4) is 0 Å². The Balaban J connectivity index is 1.44. The average Bonchev–Trinajstić information content (AvgIpc) is 3.45. The monoisotopic (exact) mass is 557 g/mol. The lowest BCUT2D eigenvalue weighted by Gasteiger charge is -2.30. The summed E-state index contributed by atoms with van der Waals surface area (Å²) in [5, 5.41) is 9.10. The molecule has 0 fully saturated rings. The van der Waals surface area contributed by atoms with Gasteiger partial charge in [0.05, 0.1) is 13.0 Å². The van der Waals surface area contributed by atoms with Gasteiger partial charge in [0.25, 0.3) is 11.5 Å². The van der Waals surface area contributed by atoms with Crippen molar-refractivity contribution in [1.82, 2.24) is 20.5 Å². The van der Waals surface area contributed by atoms with Crippen molar-refractivity contribution in [2.24, 2.45) is 11.1 Å². The molecule has 2 amide bonds. The molecule has 0 radical (unpaired) electrons. The van der Waals surface area contributed by atoms with Crippen LogP contribution >= 0.6 is 23.2 Å². The van der Waals surface area contributed by atoms with Gasteiger partial charge in [0, 0.05) is 41.4 Å². The summed E-state index contributed by atoms with van der Waals surface area (Å²) in [6.45, 7) is 4.66. The van der Waals surface area contributed by atoms with E-state index in [1.54, 1.807) is 11.0 Å². The van der Waals surface area contributed by atoms with Gasteiger partial charge in [-0.15, -0.1) is 0 Å². The van der Waals surface area contributed by atoms with Crippen LogP contribution in [0.3, 0.4) is 0 Å². The van der Waals surface area contributed by atoms with E-state index >= 15 is 0 Å². The number of amidine groups is 1. The highest BCUT2D eigenvalue weighted by Crippen LogP contribution is 2.49. The summed E-state index contributed by atoms with van der Waals surface area (Å²) in [6.07, 6.45) is -3.88. The van der Waals surface area contributed by atoms with E-state index in [1.807, 2.05) is 13.8 Å². The molecule has 2 aromatic rings. The highest BCUT2D eigenvalue weighted by Gasteiger charge is 2.63. The van der Waals surface area contributed by atoms with Gasteiger partial charge in [0.1, 0.15) is 11.5 Å². The molecule has 3 heterocycles. The third kappa shape index (κ3) is 5.77. The molecule has 0 spiro atoms. The first-order valence-corrected chi connectivity index (χ1v) is 12.2. The van der Waals surface area contributed by atoms with Gasteiger partial charge in [-0.2, -0.15) is 13.2 Å². The fourth-order valence-electron chi connectivity index (χ4n) is 4.07. The molecule has 37 heavy (non-hydrogen) atoms. The van der Waals surface area contributed by atoms with Crippen molar-refractivity contribution >= 4 is 40.9 Å². The molecular formula is C24H24Cl2F3N5O3. The van der Waals surface area contributed by atoms with Crippen molar-refractivity contribution < 1.29 is 27.6 Å². The molecule has 4 rings (SSSR count). The minimum atomic E-state index is -4.80. The molecule has 13 heteroatoms. The van der Waals surface area contributed by atoms with E-state index in [0.717, 1.165) is 17.7 Å². The van der Waals surface area contributed by atoms with Gasteiger partial charge >= 0.3 is 6.18 Å². The van der Waals surface area contributed by atoms with Gasteiger partial charge in [0.2, 0.25) is 5.91 Å². The van der Waals surface area contributed by atoms with Crippen LogP contribution in [0, 0.1) is 5.92 Å². The van der Waals surface area contributed by atoms with Crippen molar-refractivity contribution in [2.45, 2.75) is 45.1 Å². The second-order valence-electron chi connectivity index (χ2n) is 9.33. The topological polar surface area (TPSA) is 95.9 Å². The van der Waals surface area contributed by atoms with E-state index in [0.29, 0.717) is 12.1 Å². The maximum absolute atomic E-state index is 14.3. The molecule has 198 valence electrons. The van der Waals surface area contributed by atoms with Gasteiger partial charge in [-0.3, -0.25) is 14.6 Å². The second-order valence-corrected chi connectivity index (χ2v) is 10.2. The zero-order valence-corrected chi connectivity index (χ0v) is 21.5. The van der Waals surface area contributed by atoms with Gasteiger partial charge in [0.15, 0.2) is 0 Å². The molecule has 0 aliphatic carbocycles. The van der Waals surface area contributed by atoms with Crippen molar-refractivity contribution in [2.75, 3.05) is 13.1 Å². The van der Waals surface area contributed by atoms with Crippen LogP contribution in [0.15, 0.2) is 35.6 Å². The van der Waals surface area contributed by atoms with E-state index in [9.17, 15) is 22.8 Å². The lowest BCUT2D eigenvalue weighted by molar-refractivity contribution is -0.275. The largest absolute Gasteiger partial charge is 0.435 e. The summed E-state index contributed by atoms with van der Waals surface area (Å²) in [6, 6.07) is 5.22. The first-order chi connectivity index (χ1) is 17.4. The molecule has 0 bridgehead atoms. The van der Waals surface area contributed by atoms with Crippen LogP contribution < -0.4 is 10.6 Å². The Bertz CT molecular complexity index is 1230. The normalized spacial score (nSPS) is 18.9. The molecule has 1 aromatic heterocycles. The summed E-state index contributed by atoms with van der Waals surface area (Å²) in [7, 11) is 0. The molecule has 2 aliphatic rings. The molecule has 2 aliphatic heterocycles. The lowest BCUT2D eigenvalue weighted by atomic mass is 9.89. The number of carbonyl (C=O) groups is 2. The van der Waals surface area contributed by atoms with Gasteiger partial charge in [-0.05, 0) is 41.3 Å². The number of benzene rings is 1. The number of nitrogens with zero attached hydrogens (tertiary/aromatic N) is 3. The number of hydrogen-bond acceptors (Lipinski definition) is 6. The van der Waals surface area contributed by atoms with Crippen LogP contribution in [-0.4, -0.2) is 46.8 Å². The Hall–Kier alpha value is -3.05. The van der Waals surface area contributed by atoms with E-state index in [-0.39, 0.29) is 58.6 Å². The highest BCUT2D eigenvalue weighted by atomic mass is 35.5. The molecule has 2 N–H and O–H groups in total. The summed E-state index contributed by atoms with van der Waals surface area (Å²) in [4.78, 5) is 35.2. The fraction of sp³-hybridized carbons (Fsp3) is 0.417. The van der Waals surface area contributed by atoms with Crippen molar-refractivity contribution in [3.05, 3.63) is 62.9 Å². The number of pyridine rings is 1. The van der Waals surface area contributed by atoms with Crippen LogP contribution in [0.4, 0.5) is 13.2 Å². The highest BCUT2D eigenvalue weighted by molar-refractivity contribution is 6.34. The Morgan fingerprint density at radius 2 is 1.78 bits per heavy atom. The zero-order chi connectivity index (χ0) is 27.0. The fourth-order valence-corrected chi connectivity index (χ4v) is 4.59. The minimum absolute atomic E-state index is 0.0473. The Kier molecular flexibility index (Phi) is 7.57. The predicted octanol–water partition coefficient (Wildman–Crippen LogP) is 4.40. The zero-order valence-electron chi connectivity index (χ0n) is 20.0. The lowest BCUT2D eigenvalue weighted by Crippen LogP contribution is -2.43. The molecular weight excluding hydrogens is 534 g/mol. The second kappa shape index (κ2) is 10.4. The number of aromatic nitrogens is 1. The van der Waals surface area contributed by atoms with Crippen molar-refractivity contribution in [1.29, 1.82) is 0 Å². The number of fused-ring (bicyclic) bond motifs is 1. The molecule has 8 nitrogen and oxygen atoms in total. The molecule has 1 aromatic carbocycles. The summed E-state index contributed by atoms with van der Waals surface area (Å²) < 4.78 is 42.8. The minimum Gasteiger partial charge on any atom is -0.372 e. The van der Waals surface area contributed by atoms with E-state index in [1.165, 1.54) is 12.3 Å². The van der Waals surface area contributed by atoms with E-state index in [2.05, 4.69) is 20.8 Å². The average molecular weight is 558 g/mol. The predicted molar refractivity (Wildman–Crippen MR) is 131 cm³/mol. The third-order valence-electron chi connectivity index (χ3n) is 6.02. The number of hydrogen-bond donors (Lipinski definition) is 2. The number of nitrogens with one attached hydrogen (secondary N) is 2. The van der Waals surface area contributed by atoms with E-state index in [4.69, 9.17) is 28.0 Å². The number of amides is 2. The van der Waals surface area contributed by atoms with Crippen LogP contribution in [0.25, 0.3) is 0 Å². The van der Waals surface area contributed by atoms with Gasteiger partial charge in [-0.1, -0.05) is 42.2 Å². The van der Waals surface area contributed by atoms with Crippen LogP contribution in [-0.2, 0) is 28.3 Å². The number of carbonyl (C=O) groups excluding carboxylic acids is 2. The van der Waals surface area contributed by atoms with Crippen LogP contribution in [0.1, 0.15) is 47.4 Å². The molecule has 1 atom stereocenters. The number of alkyl halides is 3. The van der Waals surface area contributed by atoms with Crippen LogP contribution in [0.2, 0.25) is 10.0 Å². The van der Waals surface area contributed by atoms with Gasteiger partial charge in [-0.25, -0.2) is 0 Å². The van der Waals surface area contributed by atoms with Gasteiger partial charge < -0.3 is 20.4 Å². The maximum Gasteiger partial charge on any atom is 0.435 e. The first kappa shape index (κ1) is 27.0. The van der Waals surface area contributed by atoms with E-state index < -0.39 is 24.1 Å². The SMILES string of the molecule is CC(C)CNC(=O)CNC(=O)c1cc2c(cn1)CN(C1=NOC(c3cc(Cl)cc(Cl)c3)(C(F)(F)F)C1)C2. The van der Waals surface area contributed by atoms with Crippen LogP contribution in [0.5, 0.6) is 0 Å². The summed E-state index contributed by atoms with van der Waals surface area (Å²) in [5.74, 6) is -0.475. The molecule has 0 saturated carbocycles. The molecule has 1 unspecified atom stereocenters. The third-order valence-corrected chi connectivity index (χ3v) is 6.46.